The molecule has 6 nitrogen and oxygen atoms in total. The van der Waals surface area contributed by atoms with Crippen LogP contribution >= 0.6 is 0 Å². The van der Waals surface area contributed by atoms with Gasteiger partial charge in [0, 0.05) is 12.1 Å². The Kier molecular flexibility index (Phi) is 5.36. The predicted octanol–water partition coefficient (Wildman–Crippen LogP) is 1.62. The second-order valence-corrected chi connectivity index (χ2v) is 5.87. The van der Waals surface area contributed by atoms with Crippen molar-refractivity contribution in [3.8, 4) is 0 Å². The van der Waals surface area contributed by atoms with Crippen molar-refractivity contribution in [2.75, 3.05) is 0 Å². The van der Waals surface area contributed by atoms with E-state index in [4.69, 9.17) is 0 Å². The molecule has 1 heterocycles. The number of hydrazine groups is 1. The number of amides is 2. The summed E-state index contributed by atoms with van der Waals surface area (Å²) in [5.41, 5.74) is 6.72. The van der Waals surface area contributed by atoms with Crippen LogP contribution in [0, 0.1) is 19.8 Å². The van der Waals surface area contributed by atoms with Crippen molar-refractivity contribution in [1.82, 2.24) is 20.6 Å². The molecule has 0 radical (unpaired) electrons. The molecule has 2 N–H and O–H groups in total. The lowest BCUT2D eigenvalue weighted by Gasteiger charge is -2.10. The summed E-state index contributed by atoms with van der Waals surface area (Å²) in [6, 6.07) is 1.91. The van der Waals surface area contributed by atoms with Gasteiger partial charge < -0.3 is 0 Å². The summed E-state index contributed by atoms with van der Waals surface area (Å²) >= 11 is 0. The highest BCUT2D eigenvalue weighted by Crippen LogP contribution is 2.28. The summed E-state index contributed by atoms with van der Waals surface area (Å²) in [6.45, 7) is 3.89. The molecule has 1 saturated carbocycles. The highest BCUT2D eigenvalue weighted by Gasteiger charge is 2.16. The first-order chi connectivity index (χ1) is 10.0. The summed E-state index contributed by atoms with van der Waals surface area (Å²) in [5.74, 6) is 0.292. The Bertz CT molecular complexity index is 504. The van der Waals surface area contributed by atoms with Crippen molar-refractivity contribution in [1.29, 1.82) is 0 Å². The molecular formula is C15H24N4O2. The molecule has 1 aromatic rings. The number of carbonyl (C=O) groups excluding carboxylic acids is 2. The van der Waals surface area contributed by atoms with Crippen LogP contribution in [0.3, 0.4) is 0 Å². The van der Waals surface area contributed by atoms with E-state index < -0.39 is 0 Å². The van der Waals surface area contributed by atoms with Crippen molar-refractivity contribution in [3.63, 3.8) is 0 Å². The van der Waals surface area contributed by atoms with Crippen molar-refractivity contribution in [2.24, 2.45) is 5.92 Å². The standard InChI is InChI=1S/C15H24N4O2/c1-11-9-12(2)19(18-11)10-15(21)17-16-14(20)8-7-13-5-3-4-6-13/h9,13H,3-8,10H2,1-2H3,(H,16,20)(H,17,21). The molecule has 6 heteroatoms. The summed E-state index contributed by atoms with van der Waals surface area (Å²) in [5, 5.41) is 4.21. The van der Waals surface area contributed by atoms with E-state index in [0.717, 1.165) is 17.8 Å². The zero-order valence-corrected chi connectivity index (χ0v) is 12.8. The fourth-order valence-corrected chi connectivity index (χ4v) is 2.85. The topological polar surface area (TPSA) is 76.0 Å². The van der Waals surface area contributed by atoms with Gasteiger partial charge in [0.15, 0.2) is 0 Å². The molecule has 1 aromatic heterocycles. The van der Waals surface area contributed by atoms with E-state index in [1.807, 2.05) is 19.9 Å². The molecule has 0 atom stereocenters. The highest BCUT2D eigenvalue weighted by atomic mass is 16.2. The summed E-state index contributed by atoms with van der Waals surface area (Å²) < 4.78 is 1.62. The number of carbonyl (C=O) groups is 2. The Morgan fingerprint density at radius 1 is 1.24 bits per heavy atom. The monoisotopic (exact) mass is 292 g/mol. The first-order valence-electron chi connectivity index (χ1n) is 7.63. The third-order valence-corrected chi connectivity index (χ3v) is 3.99. The van der Waals surface area contributed by atoms with E-state index >= 15 is 0 Å². The zero-order valence-electron chi connectivity index (χ0n) is 12.8. The van der Waals surface area contributed by atoms with Gasteiger partial charge in [-0.3, -0.25) is 25.1 Å². The number of hydrogen-bond donors (Lipinski definition) is 2. The van der Waals surface area contributed by atoms with Crippen LogP contribution in [0.25, 0.3) is 0 Å². The van der Waals surface area contributed by atoms with Crippen molar-refractivity contribution >= 4 is 11.8 Å². The van der Waals surface area contributed by atoms with Gasteiger partial charge in [0.1, 0.15) is 6.54 Å². The summed E-state index contributed by atoms with van der Waals surface area (Å²) in [6.07, 6.45) is 6.43. The number of aryl methyl sites for hydroxylation is 2. The van der Waals surface area contributed by atoms with Gasteiger partial charge in [-0.2, -0.15) is 5.10 Å². The quantitative estimate of drug-likeness (QED) is 0.810. The average molecular weight is 292 g/mol. The van der Waals surface area contributed by atoms with Gasteiger partial charge in [-0.05, 0) is 32.3 Å². The second-order valence-electron chi connectivity index (χ2n) is 5.87. The van der Waals surface area contributed by atoms with E-state index in [9.17, 15) is 9.59 Å². The first-order valence-corrected chi connectivity index (χ1v) is 7.63. The molecule has 0 aliphatic heterocycles. The molecule has 0 aromatic carbocycles. The summed E-state index contributed by atoms with van der Waals surface area (Å²) in [7, 11) is 0. The van der Waals surface area contributed by atoms with Gasteiger partial charge in [0.05, 0.1) is 5.69 Å². The molecule has 1 aliphatic carbocycles. The minimum atomic E-state index is -0.268. The highest BCUT2D eigenvalue weighted by molar-refractivity contribution is 5.81. The van der Waals surface area contributed by atoms with E-state index in [1.54, 1.807) is 4.68 Å². The summed E-state index contributed by atoms with van der Waals surface area (Å²) in [4.78, 5) is 23.4. The number of nitrogens with zero attached hydrogens (tertiary/aromatic N) is 2. The molecule has 1 fully saturated rings. The SMILES string of the molecule is Cc1cc(C)n(CC(=O)NNC(=O)CCC2CCCC2)n1. The molecule has 0 saturated heterocycles. The lowest BCUT2D eigenvalue weighted by Crippen LogP contribution is -2.43. The molecule has 0 unspecified atom stereocenters. The van der Waals surface area contributed by atoms with Gasteiger partial charge in [-0.1, -0.05) is 25.7 Å². The number of rotatable bonds is 5. The van der Waals surface area contributed by atoms with Crippen LogP contribution in [0.15, 0.2) is 6.07 Å². The molecule has 2 amide bonds. The van der Waals surface area contributed by atoms with Crippen LogP contribution in [0.5, 0.6) is 0 Å². The van der Waals surface area contributed by atoms with Gasteiger partial charge >= 0.3 is 0 Å². The van der Waals surface area contributed by atoms with E-state index in [0.29, 0.717) is 12.3 Å². The molecule has 1 aliphatic rings. The van der Waals surface area contributed by atoms with Crippen LogP contribution in [0.4, 0.5) is 0 Å². The normalized spacial score (nSPS) is 15.1. The van der Waals surface area contributed by atoms with Crippen LogP contribution in [0.2, 0.25) is 0 Å². The second kappa shape index (κ2) is 7.24. The van der Waals surface area contributed by atoms with Crippen molar-refractivity contribution < 1.29 is 9.59 Å². The number of aromatic nitrogens is 2. The largest absolute Gasteiger partial charge is 0.273 e. The molecule has 0 spiro atoms. The molecule has 0 bridgehead atoms. The lowest BCUT2D eigenvalue weighted by atomic mass is 10.0. The molecule has 2 rings (SSSR count). The smallest absolute Gasteiger partial charge is 0.260 e. The lowest BCUT2D eigenvalue weighted by molar-refractivity contribution is -0.129. The maximum atomic E-state index is 11.8. The maximum Gasteiger partial charge on any atom is 0.260 e. The Balaban J connectivity index is 1.66. The minimum Gasteiger partial charge on any atom is -0.273 e. The first kappa shape index (κ1) is 15.5. The van der Waals surface area contributed by atoms with Gasteiger partial charge in [-0.15, -0.1) is 0 Å². The fraction of sp³-hybridized carbons (Fsp3) is 0.667. The van der Waals surface area contributed by atoms with Gasteiger partial charge in [-0.25, -0.2) is 0 Å². The molecular weight excluding hydrogens is 268 g/mol. The Morgan fingerprint density at radius 2 is 1.90 bits per heavy atom. The van der Waals surface area contributed by atoms with Crippen molar-refractivity contribution in [2.45, 2.75) is 58.9 Å². The van der Waals surface area contributed by atoms with Gasteiger partial charge in [0.25, 0.3) is 5.91 Å². The Labute approximate surface area is 125 Å². The number of hydrogen-bond acceptors (Lipinski definition) is 3. The molecule has 116 valence electrons. The van der Waals surface area contributed by atoms with Crippen LogP contribution < -0.4 is 10.9 Å². The van der Waals surface area contributed by atoms with E-state index in [1.165, 1.54) is 25.7 Å². The van der Waals surface area contributed by atoms with E-state index in [2.05, 4.69) is 16.0 Å². The van der Waals surface area contributed by atoms with Crippen molar-refractivity contribution in [3.05, 3.63) is 17.5 Å². The average Bonchev–Trinajstić information content (AvgIpc) is 3.04. The third-order valence-electron chi connectivity index (χ3n) is 3.99. The predicted molar refractivity (Wildman–Crippen MR) is 79.2 cm³/mol. The third kappa shape index (κ3) is 4.88. The zero-order chi connectivity index (χ0) is 15.2. The van der Waals surface area contributed by atoms with Crippen LogP contribution in [0.1, 0.15) is 49.9 Å². The minimum absolute atomic E-state index is 0.114. The van der Waals surface area contributed by atoms with Gasteiger partial charge in [0.2, 0.25) is 5.91 Å². The van der Waals surface area contributed by atoms with E-state index in [-0.39, 0.29) is 18.4 Å². The number of nitrogens with one attached hydrogen (secondary N) is 2. The van der Waals surface area contributed by atoms with Crippen LogP contribution in [-0.4, -0.2) is 21.6 Å². The molecule has 21 heavy (non-hydrogen) atoms. The maximum absolute atomic E-state index is 11.8. The Morgan fingerprint density at radius 3 is 2.52 bits per heavy atom. The fourth-order valence-electron chi connectivity index (χ4n) is 2.85. The van der Waals surface area contributed by atoms with Crippen LogP contribution in [-0.2, 0) is 16.1 Å². The Hall–Kier alpha value is -1.85.